The molecule has 28 heavy (non-hydrogen) atoms. The van der Waals surface area contributed by atoms with Crippen LogP contribution in [0.25, 0.3) is 6.08 Å². The van der Waals surface area contributed by atoms with Crippen LogP contribution >= 0.6 is 0 Å². The number of amides is 1. The van der Waals surface area contributed by atoms with E-state index in [1.807, 2.05) is 18.2 Å². The number of hydrogen-bond acceptors (Lipinski definition) is 3. The van der Waals surface area contributed by atoms with Crippen LogP contribution in [0.15, 0.2) is 60.0 Å². The number of nitrogens with one attached hydrogen (secondary N) is 1. The van der Waals surface area contributed by atoms with Crippen molar-refractivity contribution in [2.45, 2.75) is 31.8 Å². The highest BCUT2D eigenvalue weighted by molar-refractivity contribution is 7.92. The molecule has 1 fully saturated rings. The molecular weight excluding hydrogens is 379 g/mol. The van der Waals surface area contributed by atoms with Gasteiger partial charge in [0.25, 0.3) is 0 Å². The zero-order chi connectivity index (χ0) is 20.0. The van der Waals surface area contributed by atoms with E-state index < -0.39 is 10.0 Å². The summed E-state index contributed by atoms with van der Waals surface area (Å²) >= 11 is 0. The van der Waals surface area contributed by atoms with Crippen molar-refractivity contribution in [2.75, 3.05) is 6.54 Å². The Kier molecular flexibility index (Phi) is 6.59. The van der Waals surface area contributed by atoms with Gasteiger partial charge >= 0.3 is 0 Å². The van der Waals surface area contributed by atoms with E-state index in [1.54, 1.807) is 29.2 Å². The third kappa shape index (κ3) is 6.28. The monoisotopic (exact) mass is 402 g/mol. The fraction of sp³-hybridized carbons (Fsp3) is 0.286. The summed E-state index contributed by atoms with van der Waals surface area (Å²) in [5.74, 6) is -0.424. The van der Waals surface area contributed by atoms with E-state index in [0.717, 1.165) is 29.4 Å². The van der Waals surface area contributed by atoms with Crippen molar-refractivity contribution in [1.29, 1.82) is 0 Å². The number of halogens is 1. The number of rotatable bonds is 9. The smallest absolute Gasteiger partial charge is 0.233 e. The molecular formula is C21H23FN2O3S. The first-order valence-corrected chi connectivity index (χ1v) is 10.7. The first-order valence-electron chi connectivity index (χ1n) is 9.20. The van der Waals surface area contributed by atoms with Gasteiger partial charge in [-0.2, -0.15) is 0 Å². The van der Waals surface area contributed by atoms with Crippen LogP contribution in [-0.2, 0) is 21.4 Å². The molecule has 0 unspecified atom stereocenters. The summed E-state index contributed by atoms with van der Waals surface area (Å²) in [6.07, 6.45) is 3.47. The molecule has 0 heterocycles. The molecule has 0 bridgehead atoms. The lowest BCUT2D eigenvalue weighted by atomic mass is 10.2. The van der Waals surface area contributed by atoms with E-state index in [4.69, 9.17) is 0 Å². The number of carbonyl (C=O) groups is 1. The van der Waals surface area contributed by atoms with Crippen molar-refractivity contribution in [2.24, 2.45) is 0 Å². The average Bonchev–Trinajstić information content (AvgIpc) is 3.52. The maximum atomic E-state index is 13.1. The molecule has 0 aromatic heterocycles. The highest BCUT2D eigenvalue weighted by Gasteiger charge is 2.32. The molecule has 1 N–H and O–H groups in total. The molecule has 1 amide bonds. The van der Waals surface area contributed by atoms with Gasteiger partial charge in [-0.15, -0.1) is 0 Å². The Morgan fingerprint density at radius 1 is 1.11 bits per heavy atom. The summed E-state index contributed by atoms with van der Waals surface area (Å²) < 4.78 is 39.6. The molecule has 7 heteroatoms. The minimum Gasteiger partial charge on any atom is -0.335 e. The van der Waals surface area contributed by atoms with E-state index in [-0.39, 0.29) is 30.7 Å². The Hall–Kier alpha value is -2.51. The van der Waals surface area contributed by atoms with Crippen molar-refractivity contribution >= 4 is 22.0 Å². The highest BCUT2D eigenvalue weighted by atomic mass is 32.2. The Labute approximate surface area is 164 Å². The van der Waals surface area contributed by atoms with Crippen LogP contribution in [0.3, 0.4) is 0 Å². The van der Waals surface area contributed by atoms with Gasteiger partial charge in [0.05, 0.1) is 0 Å². The SMILES string of the molecule is O=C(CCNS(=O)(=O)/C=C/c1ccccc1)N(Cc1ccc(F)cc1)C1CC1. The van der Waals surface area contributed by atoms with Crippen molar-refractivity contribution in [3.8, 4) is 0 Å². The van der Waals surface area contributed by atoms with Gasteiger partial charge < -0.3 is 4.90 Å². The fourth-order valence-electron chi connectivity index (χ4n) is 2.82. The summed E-state index contributed by atoms with van der Waals surface area (Å²) in [5.41, 5.74) is 1.64. The summed E-state index contributed by atoms with van der Waals surface area (Å²) in [6.45, 7) is 0.442. The maximum Gasteiger partial charge on any atom is 0.233 e. The van der Waals surface area contributed by atoms with Crippen LogP contribution in [0.1, 0.15) is 30.4 Å². The van der Waals surface area contributed by atoms with E-state index >= 15 is 0 Å². The van der Waals surface area contributed by atoms with Gasteiger partial charge in [0, 0.05) is 31.0 Å². The second-order valence-electron chi connectivity index (χ2n) is 6.78. The summed E-state index contributed by atoms with van der Waals surface area (Å²) in [7, 11) is -3.61. The molecule has 3 rings (SSSR count). The average molecular weight is 402 g/mol. The van der Waals surface area contributed by atoms with E-state index in [1.165, 1.54) is 18.2 Å². The van der Waals surface area contributed by atoms with Crippen molar-refractivity contribution in [1.82, 2.24) is 9.62 Å². The normalized spacial score (nSPS) is 14.3. The molecule has 2 aromatic rings. The quantitative estimate of drug-likeness (QED) is 0.700. The lowest BCUT2D eigenvalue weighted by Gasteiger charge is -2.22. The zero-order valence-corrected chi connectivity index (χ0v) is 16.2. The van der Waals surface area contributed by atoms with Crippen LogP contribution < -0.4 is 4.72 Å². The summed E-state index contributed by atoms with van der Waals surface area (Å²) in [6, 6.07) is 15.4. The molecule has 0 aliphatic heterocycles. The first-order chi connectivity index (χ1) is 13.4. The van der Waals surface area contributed by atoms with Crippen LogP contribution in [0.5, 0.6) is 0 Å². The molecule has 1 saturated carbocycles. The number of sulfonamides is 1. The predicted octanol–water partition coefficient (Wildman–Crippen LogP) is 3.30. The van der Waals surface area contributed by atoms with Crippen LogP contribution in [-0.4, -0.2) is 31.8 Å². The van der Waals surface area contributed by atoms with E-state index in [0.29, 0.717) is 6.54 Å². The molecule has 5 nitrogen and oxygen atoms in total. The number of carbonyl (C=O) groups excluding carboxylic acids is 1. The van der Waals surface area contributed by atoms with Gasteiger partial charge in [-0.25, -0.2) is 17.5 Å². The van der Waals surface area contributed by atoms with Crippen LogP contribution in [0, 0.1) is 5.82 Å². The predicted molar refractivity (Wildman–Crippen MR) is 107 cm³/mol. The van der Waals surface area contributed by atoms with E-state index in [9.17, 15) is 17.6 Å². The summed E-state index contributed by atoms with van der Waals surface area (Å²) in [4.78, 5) is 14.3. The molecule has 2 aromatic carbocycles. The second kappa shape index (κ2) is 9.12. The number of benzene rings is 2. The van der Waals surface area contributed by atoms with Crippen LogP contribution in [0.2, 0.25) is 0 Å². The Balaban J connectivity index is 1.51. The van der Waals surface area contributed by atoms with Crippen LogP contribution in [0.4, 0.5) is 4.39 Å². The van der Waals surface area contributed by atoms with Crippen molar-refractivity contribution < 1.29 is 17.6 Å². The number of hydrogen-bond donors (Lipinski definition) is 1. The molecule has 0 atom stereocenters. The number of nitrogens with zero attached hydrogens (tertiary/aromatic N) is 1. The Bertz CT molecular complexity index is 924. The Morgan fingerprint density at radius 2 is 1.79 bits per heavy atom. The minimum absolute atomic E-state index is 0.0347. The second-order valence-corrected chi connectivity index (χ2v) is 8.43. The highest BCUT2D eigenvalue weighted by Crippen LogP contribution is 2.29. The molecule has 1 aliphatic rings. The fourth-order valence-corrected chi connectivity index (χ4v) is 3.64. The lowest BCUT2D eigenvalue weighted by Crippen LogP contribution is -2.35. The van der Waals surface area contributed by atoms with Gasteiger partial charge in [0.15, 0.2) is 0 Å². The molecule has 0 saturated heterocycles. The largest absolute Gasteiger partial charge is 0.335 e. The third-order valence-electron chi connectivity index (χ3n) is 4.46. The molecule has 0 radical (unpaired) electrons. The molecule has 0 spiro atoms. The molecule has 1 aliphatic carbocycles. The van der Waals surface area contributed by atoms with Crippen molar-refractivity contribution in [3.05, 3.63) is 76.9 Å². The van der Waals surface area contributed by atoms with Gasteiger partial charge in [0.2, 0.25) is 15.9 Å². The first kappa shape index (κ1) is 20.2. The van der Waals surface area contributed by atoms with Gasteiger partial charge in [0.1, 0.15) is 5.82 Å². The Morgan fingerprint density at radius 3 is 2.43 bits per heavy atom. The zero-order valence-electron chi connectivity index (χ0n) is 15.4. The van der Waals surface area contributed by atoms with Gasteiger partial charge in [-0.1, -0.05) is 42.5 Å². The van der Waals surface area contributed by atoms with Gasteiger partial charge in [-0.3, -0.25) is 4.79 Å². The summed E-state index contributed by atoms with van der Waals surface area (Å²) in [5, 5.41) is 1.10. The standard InChI is InChI=1S/C21H23FN2O3S/c22-19-8-6-18(7-9-19)16-24(20-10-11-20)21(25)12-14-23-28(26,27)15-13-17-4-2-1-3-5-17/h1-9,13,15,20,23H,10-12,14,16H2/b15-13+. The molecule has 148 valence electrons. The van der Waals surface area contributed by atoms with E-state index in [2.05, 4.69) is 4.72 Å². The lowest BCUT2D eigenvalue weighted by molar-refractivity contribution is -0.132. The van der Waals surface area contributed by atoms with Gasteiger partial charge in [-0.05, 0) is 42.2 Å². The minimum atomic E-state index is -3.61. The van der Waals surface area contributed by atoms with Crippen molar-refractivity contribution in [3.63, 3.8) is 0 Å². The maximum absolute atomic E-state index is 13.1. The topological polar surface area (TPSA) is 66.5 Å². The third-order valence-corrected chi connectivity index (χ3v) is 5.56.